The van der Waals surface area contributed by atoms with Crippen molar-refractivity contribution in [3.05, 3.63) is 22.8 Å². The van der Waals surface area contributed by atoms with Gasteiger partial charge in [0.15, 0.2) is 0 Å². The fourth-order valence-electron chi connectivity index (χ4n) is 3.73. The van der Waals surface area contributed by atoms with Gasteiger partial charge in [0.1, 0.15) is 11.9 Å². The van der Waals surface area contributed by atoms with Gasteiger partial charge in [0.05, 0.1) is 23.8 Å². The summed E-state index contributed by atoms with van der Waals surface area (Å²) in [6.45, 7) is 3.14. The van der Waals surface area contributed by atoms with Crippen LogP contribution in [-0.4, -0.2) is 46.8 Å². The Hall–Kier alpha value is -0.880. The fraction of sp³-hybridized carbons (Fsp3) is 0.667. The zero-order chi connectivity index (χ0) is 14.9. The van der Waals surface area contributed by atoms with E-state index in [1.165, 1.54) is 6.20 Å². The lowest BCUT2D eigenvalue weighted by atomic mass is 9.84. The number of anilines is 1. The van der Waals surface area contributed by atoms with Crippen LogP contribution in [0.1, 0.15) is 37.4 Å². The topological polar surface area (TPSA) is 71.6 Å². The van der Waals surface area contributed by atoms with Crippen LogP contribution in [0, 0.1) is 0 Å². The van der Waals surface area contributed by atoms with E-state index in [9.17, 15) is 5.11 Å². The first-order valence-corrected chi connectivity index (χ1v) is 7.93. The molecule has 5 nitrogen and oxygen atoms in total. The van der Waals surface area contributed by atoms with Crippen LogP contribution in [0.15, 0.2) is 12.3 Å². The molecule has 2 fully saturated rings. The van der Waals surface area contributed by atoms with Gasteiger partial charge in [0.25, 0.3) is 0 Å². The number of nitrogen functional groups attached to an aromatic ring is 1. The average Bonchev–Trinajstić information content (AvgIpc) is 3.01. The molecule has 2 aliphatic rings. The molecule has 1 unspecified atom stereocenters. The molecule has 1 aliphatic carbocycles. The molecule has 21 heavy (non-hydrogen) atoms. The number of halogens is 1. The molecule has 2 heterocycles. The van der Waals surface area contributed by atoms with Crippen LogP contribution >= 0.6 is 11.6 Å². The van der Waals surface area contributed by atoms with Crippen LogP contribution < -0.4 is 5.73 Å². The Morgan fingerprint density at radius 1 is 1.33 bits per heavy atom. The van der Waals surface area contributed by atoms with Gasteiger partial charge in [-0.25, -0.2) is 4.98 Å². The molecule has 1 aromatic rings. The fourth-order valence-corrected chi connectivity index (χ4v) is 3.90. The van der Waals surface area contributed by atoms with Crippen LogP contribution in [-0.2, 0) is 4.74 Å². The van der Waals surface area contributed by atoms with Crippen LogP contribution in [0.4, 0.5) is 5.82 Å². The van der Waals surface area contributed by atoms with Crippen LogP contribution in [0.5, 0.6) is 0 Å². The van der Waals surface area contributed by atoms with Crippen molar-refractivity contribution < 1.29 is 9.84 Å². The molecule has 0 radical (unpaired) electrons. The third-order valence-electron chi connectivity index (χ3n) is 4.83. The zero-order valence-corrected chi connectivity index (χ0v) is 12.9. The minimum absolute atomic E-state index is 0.260. The predicted octanol–water partition coefficient (Wildman–Crippen LogP) is 2.00. The van der Waals surface area contributed by atoms with Crippen molar-refractivity contribution in [3.8, 4) is 0 Å². The van der Waals surface area contributed by atoms with Gasteiger partial charge in [-0.15, -0.1) is 0 Å². The van der Waals surface area contributed by atoms with Gasteiger partial charge >= 0.3 is 0 Å². The summed E-state index contributed by atoms with van der Waals surface area (Å²) >= 11 is 6.04. The second-order valence-electron chi connectivity index (χ2n) is 5.94. The maximum Gasteiger partial charge on any atom is 0.129 e. The lowest BCUT2D eigenvalue weighted by Crippen LogP contribution is -2.55. The molecule has 0 bridgehead atoms. The Balaban J connectivity index is 1.94. The number of hydrogen-bond donors (Lipinski definition) is 2. The number of hydrogen-bond acceptors (Lipinski definition) is 5. The molecule has 0 aromatic carbocycles. The van der Waals surface area contributed by atoms with Gasteiger partial charge in [-0.1, -0.05) is 24.4 Å². The number of morpholine rings is 1. The van der Waals surface area contributed by atoms with E-state index in [1.54, 1.807) is 6.07 Å². The minimum Gasteiger partial charge on any atom is -0.386 e. The van der Waals surface area contributed by atoms with Crippen molar-refractivity contribution in [2.45, 2.75) is 37.3 Å². The highest BCUT2D eigenvalue weighted by atomic mass is 35.5. The lowest BCUT2D eigenvalue weighted by molar-refractivity contribution is -0.0772. The average molecular weight is 312 g/mol. The molecule has 6 heteroatoms. The van der Waals surface area contributed by atoms with Gasteiger partial charge in [-0.05, 0) is 18.9 Å². The van der Waals surface area contributed by atoms with Crippen molar-refractivity contribution in [2.75, 3.05) is 32.0 Å². The second kappa shape index (κ2) is 6.08. The van der Waals surface area contributed by atoms with E-state index < -0.39 is 6.10 Å². The lowest BCUT2D eigenvalue weighted by Gasteiger charge is -2.46. The number of aromatic nitrogens is 1. The molecule has 0 amide bonds. The number of nitrogens with two attached hydrogens (primary N) is 1. The third-order valence-corrected chi connectivity index (χ3v) is 5.04. The summed E-state index contributed by atoms with van der Waals surface area (Å²) in [5.41, 5.74) is 6.36. The minimum atomic E-state index is -0.663. The predicted molar refractivity (Wildman–Crippen MR) is 82.2 cm³/mol. The van der Waals surface area contributed by atoms with E-state index in [1.807, 2.05) is 0 Å². The highest BCUT2D eigenvalue weighted by molar-refractivity contribution is 6.30. The van der Waals surface area contributed by atoms with Gasteiger partial charge in [0.2, 0.25) is 0 Å². The first kappa shape index (κ1) is 15.0. The number of nitrogens with zero attached hydrogens (tertiary/aromatic N) is 2. The first-order valence-electron chi connectivity index (χ1n) is 7.55. The Bertz CT molecular complexity index is 500. The van der Waals surface area contributed by atoms with Crippen LogP contribution in [0.25, 0.3) is 0 Å². The Labute approximate surface area is 130 Å². The van der Waals surface area contributed by atoms with E-state index in [-0.39, 0.29) is 5.54 Å². The number of rotatable bonds is 3. The molecule has 3 rings (SSSR count). The summed E-state index contributed by atoms with van der Waals surface area (Å²) in [5.74, 6) is 0.367. The first-order chi connectivity index (χ1) is 10.1. The van der Waals surface area contributed by atoms with Crippen molar-refractivity contribution in [2.24, 2.45) is 0 Å². The van der Waals surface area contributed by atoms with Crippen molar-refractivity contribution in [1.29, 1.82) is 0 Å². The Morgan fingerprint density at radius 2 is 2.00 bits per heavy atom. The van der Waals surface area contributed by atoms with Crippen molar-refractivity contribution >= 4 is 17.4 Å². The van der Waals surface area contributed by atoms with E-state index in [2.05, 4.69) is 9.88 Å². The molecule has 3 N–H and O–H groups in total. The van der Waals surface area contributed by atoms with E-state index in [0.717, 1.165) is 52.0 Å². The van der Waals surface area contributed by atoms with E-state index in [0.29, 0.717) is 16.4 Å². The molecule has 1 atom stereocenters. The second-order valence-corrected chi connectivity index (χ2v) is 6.38. The van der Waals surface area contributed by atoms with Gasteiger partial charge in [-0.3, -0.25) is 4.90 Å². The summed E-state index contributed by atoms with van der Waals surface area (Å²) in [7, 11) is 0. The molecule has 1 aromatic heterocycles. The molecule has 1 saturated carbocycles. The monoisotopic (exact) mass is 311 g/mol. The molecular formula is C15H22ClN3O2. The maximum absolute atomic E-state index is 11.1. The van der Waals surface area contributed by atoms with Gasteiger partial charge in [0, 0.05) is 24.8 Å². The quantitative estimate of drug-likeness (QED) is 0.893. The van der Waals surface area contributed by atoms with E-state index in [4.69, 9.17) is 22.1 Å². The molecule has 116 valence electrons. The zero-order valence-electron chi connectivity index (χ0n) is 12.1. The summed E-state index contributed by atoms with van der Waals surface area (Å²) in [6.07, 6.45) is 5.05. The third kappa shape index (κ3) is 2.75. The SMILES string of the molecule is Nc1ncc(Cl)cc1C(O)C1(N2CCOCC2)CCCC1. The number of aliphatic hydroxyl groups is 1. The Kier molecular flexibility index (Phi) is 4.36. The number of aliphatic hydroxyl groups excluding tert-OH is 1. The maximum atomic E-state index is 11.1. The largest absolute Gasteiger partial charge is 0.386 e. The summed E-state index contributed by atoms with van der Waals surface area (Å²) in [6, 6.07) is 1.75. The van der Waals surface area contributed by atoms with Gasteiger partial charge in [-0.2, -0.15) is 0 Å². The van der Waals surface area contributed by atoms with Crippen LogP contribution in [0.3, 0.4) is 0 Å². The standard InChI is InChI=1S/C15H22ClN3O2/c16-11-9-12(14(17)18-10-11)13(20)15(3-1-2-4-15)19-5-7-21-8-6-19/h9-10,13,20H,1-8H2,(H2,17,18). The normalized spacial score (nSPS) is 24.1. The summed E-state index contributed by atoms with van der Waals surface area (Å²) in [4.78, 5) is 6.46. The molecule has 1 aliphatic heterocycles. The van der Waals surface area contributed by atoms with Crippen molar-refractivity contribution in [1.82, 2.24) is 9.88 Å². The highest BCUT2D eigenvalue weighted by Gasteiger charge is 2.47. The van der Waals surface area contributed by atoms with Crippen molar-refractivity contribution in [3.63, 3.8) is 0 Å². The summed E-state index contributed by atoms with van der Waals surface area (Å²) in [5, 5.41) is 11.6. The van der Waals surface area contributed by atoms with Gasteiger partial charge < -0.3 is 15.6 Å². The summed E-state index contributed by atoms with van der Waals surface area (Å²) < 4.78 is 5.45. The number of pyridine rings is 1. The molecular weight excluding hydrogens is 290 g/mol. The Morgan fingerprint density at radius 3 is 2.67 bits per heavy atom. The smallest absolute Gasteiger partial charge is 0.129 e. The van der Waals surface area contributed by atoms with Crippen LogP contribution in [0.2, 0.25) is 5.02 Å². The molecule has 0 spiro atoms. The molecule has 1 saturated heterocycles. The van der Waals surface area contributed by atoms with E-state index >= 15 is 0 Å². The number of ether oxygens (including phenoxy) is 1. The highest BCUT2D eigenvalue weighted by Crippen LogP contribution is 2.46.